The zero-order valence-corrected chi connectivity index (χ0v) is 12.8. The molecule has 0 aromatic rings. The summed E-state index contributed by atoms with van der Waals surface area (Å²) in [5.41, 5.74) is 0.593. The molecule has 0 amide bonds. The van der Waals surface area contributed by atoms with Crippen LogP contribution in [0.2, 0.25) is 0 Å². The molecule has 3 aliphatic rings. The van der Waals surface area contributed by atoms with Crippen molar-refractivity contribution < 1.29 is 0 Å². The number of hydrogen-bond donors (Lipinski definition) is 0. The highest BCUT2D eigenvalue weighted by Crippen LogP contribution is 2.39. The van der Waals surface area contributed by atoms with Gasteiger partial charge in [-0.15, -0.1) is 0 Å². The summed E-state index contributed by atoms with van der Waals surface area (Å²) in [4.78, 5) is 7.83. The van der Waals surface area contributed by atoms with Gasteiger partial charge in [-0.3, -0.25) is 4.90 Å². The summed E-state index contributed by atoms with van der Waals surface area (Å²) in [5, 5.41) is 0. The van der Waals surface area contributed by atoms with Crippen molar-refractivity contribution in [3.63, 3.8) is 0 Å². The number of likely N-dealkylation sites (tertiary alicyclic amines) is 3. The van der Waals surface area contributed by atoms with E-state index >= 15 is 0 Å². The van der Waals surface area contributed by atoms with Crippen LogP contribution in [0.25, 0.3) is 0 Å². The SMILES string of the molecule is CC.CN1CCC(N2CCCC23CN(C)C3)CC1. The Labute approximate surface area is 113 Å². The van der Waals surface area contributed by atoms with Crippen molar-refractivity contribution in [2.24, 2.45) is 0 Å². The number of rotatable bonds is 1. The van der Waals surface area contributed by atoms with E-state index < -0.39 is 0 Å². The van der Waals surface area contributed by atoms with Crippen LogP contribution in [0.5, 0.6) is 0 Å². The van der Waals surface area contributed by atoms with Crippen molar-refractivity contribution in [2.45, 2.75) is 51.1 Å². The number of likely N-dealkylation sites (N-methyl/N-ethyl adjacent to an activating group) is 1. The molecule has 1 spiro atoms. The largest absolute Gasteiger partial charge is 0.306 e. The Balaban J connectivity index is 0.000000574. The molecule has 0 aromatic heterocycles. The van der Waals surface area contributed by atoms with Crippen molar-refractivity contribution in [3.8, 4) is 0 Å². The van der Waals surface area contributed by atoms with Gasteiger partial charge in [0.05, 0.1) is 0 Å². The molecule has 0 atom stereocenters. The second-order valence-electron chi connectivity index (χ2n) is 6.23. The van der Waals surface area contributed by atoms with E-state index in [1.54, 1.807) is 0 Å². The summed E-state index contributed by atoms with van der Waals surface area (Å²) in [7, 11) is 4.52. The summed E-state index contributed by atoms with van der Waals surface area (Å²) in [6.07, 6.45) is 5.66. The highest BCUT2D eigenvalue weighted by molar-refractivity contribution is 5.08. The number of piperidine rings is 1. The van der Waals surface area contributed by atoms with E-state index in [1.165, 1.54) is 58.4 Å². The lowest BCUT2D eigenvalue weighted by molar-refractivity contribution is -0.0481. The summed E-state index contributed by atoms with van der Waals surface area (Å²) < 4.78 is 0. The first-order chi connectivity index (χ1) is 8.70. The van der Waals surface area contributed by atoms with Crippen LogP contribution in [0.3, 0.4) is 0 Å². The molecule has 106 valence electrons. The molecule has 0 radical (unpaired) electrons. The molecule has 3 aliphatic heterocycles. The summed E-state index contributed by atoms with van der Waals surface area (Å²) >= 11 is 0. The van der Waals surface area contributed by atoms with Crippen molar-refractivity contribution >= 4 is 0 Å². The van der Waals surface area contributed by atoms with Gasteiger partial charge < -0.3 is 9.80 Å². The second-order valence-corrected chi connectivity index (χ2v) is 6.23. The van der Waals surface area contributed by atoms with Gasteiger partial charge in [-0.1, -0.05) is 13.8 Å². The van der Waals surface area contributed by atoms with E-state index in [-0.39, 0.29) is 0 Å². The molecule has 3 nitrogen and oxygen atoms in total. The Bertz CT molecular complexity index is 252. The molecule has 3 rings (SSSR count). The standard InChI is InChI=1S/C13H25N3.C2H6/c1-14-8-4-12(5-9-14)16-7-3-6-13(16)10-15(2)11-13;1-2/h12H,3-11H2,1-2H3;1-2H3. The Morgan fingerprint density at radius 3 is 2.06 bits per heavy atom. The van der Waals surface area contributed by atoms with Gasteiger partial charge in [0, 0.05) is 24.7 Å². The monoisotopic (exact) mass is 253 g/mol. The van der Waals surface area contributed by atoms with Gasteiger partial charge in [0.2, 0.25) is 0 Å². The predicted octanol–water partition coefficient (Wildman–Crippen LogP) is 1.89. The second kappa shape index (κ2) is 5.89. The van der Waals surface area contributed by atoms with Crippen LogP contribution >= 0.6 is 0 Å². The topological polar surface area (TPSA) is 9.72 Å². The molecule has 3 fully saturated rings. The third kappa shape index (κ3) is 2.59. The average molecular weight is 253 g/mol. The smallest absolute Gasteiger partial charge is 0.0466 e. The Hall–Kier alpha value is -0.120. The third-order valence-electron chi connectivity index (χ3n) is 4.91. The highest BCUT2D eigenvalue weighted by Gasteiger charge is 2.50. The molecule has 0 N–H and O–H groups in total. The summed E-state index contributed by atoms with van der Waals surface area (Å²) in [5.74, 6) is 0. The maximum Gasteiger partial charge on any atom is 0.0466 e. The molecule has 3 heteroatoms. The molecular formula is C15H31N3. The van der Waals surface area contributed by atoms with E-state index in [9.17, 15) is 0 Å². The Kier molecular flexibility index (Phi) is 4.68. The van der Waals surface area contributed by atoms with Crippen LogP contribution in [-0.4, -0.2) is 73.1 Å². The summed E-state index contributed by atoms with van der Waals surface area (Å²) in [6, 6.07) is 0.882. The molecule has 0 aromatic carbocycles. The van der Waals surface area contributed by atoms with Crippen molar-refractivity contribution in [3.05, 3.63) is 0 Å². The fraction of sp³-hybridized carbons (Fsp3) is 1.00. The minimum Gasteiger partial charge on any atom is -0.306 e. The molecule has 18 heavy (non-hydrogen) atoms. The van der Waals surface area contributed by atoms with E-state index in [0.717, 1.165) is 6.04 Å². The van der Waals surface area contributed by atoms with E-state index in [0.29, 0.717) is 5.54 Å². The molecule has 0 unspecified atom stereocenters. The van der Waals surface area contributed by atoms with Gasteiger partial charge in [0.15, 0.2) is 0 Å². The number of nitrogens with zero attached hydrogens (tertiary/aromatic N) is 3. The molecular weight excluding hydrogens is 222 g/mol. The third-order valence-corrected chi connectivity index (χ3v) is 4.91. The van der Waals surface area contributed by atoms with Gasteiger partial charge >= 0.3 is 0 Å². The molecule has 0 aliphatic carbocycles. The van der Waals surface area contributed by atoms with Gasteiger partial charge in [-0.2, -0.15) is 0 Å². The van der Waals surface area contributed by atoms with Crippen LogP contribution in [-0.2, 0) is 0 Å². The molecule has 3 heterocycles. The van der Waals surface area contributed by atoms with E-state index in [2.05, 4.69) is 28.8 Å². The maximum atomic E-state index is 2.88. The highest BCUT2D eigenvalue weighted by atomic mass is 15.4. The van der Waals surface area contributed by atoms with Crippen molar-refractivity contribution in [1.82, 2.24) is 14.7 Å². The average Bonchev–Trinajstić information content (AvgIpc) is 2.77. The lowest BCUT2D eigenvalue weighted by Crippen LogP contribution is -2.68. The minimum atomic E-state index is 0.593. The lowest BCUT2D eigenvalue weighted by atomic mass is 9.85. The van der Waals surface area contributed by atoms with Crippen LogP contribution < -0.4 is 0 Å². The van der Waals surface area contributed by atoms with E-state index in [4.69, 9.17) is 0 Å². The first kappa shape index (κ1) is 14.3. The maximum absolute atomic E-state index is 2.88. The van der Waals surface area contributed by atoms with E-state index in [1.807, 2.05) is 13.8 Å². The predicted molar refractivity (Wildman–Crippen MR) is 78.0 cm³/mol. The van der Waals surface area contributed by atoms with Crippen LogP contribution in [0.15, 0.2) is 0 Å². The first-order valence-electron chi connectivity index (χ1n) is 7.83. The van der Waals surface area contributed by atoms with Gasteiger partial charge in [-0.05, 0) is 59.4 Å². The van der Waals surface area contributed by atoms with Gasteiger partial charge in [0.25, 0.3) is 0 Å². The van der Waals surface area contributed by atoms with Crippen LogP contribution in [0.1, 0.15) is 39.5 Å². The quantitative estimate of drug-likeness (QED) is 0.706. The fourth-order valence-electron chi connectivity index (χ4n) is 4.13. The Morgan fingerprint density at radius 1 is 0.889 bits per heavy atom. The number of hydrogen-bond acceptors (Lipinski definition) is 3. The normalized spacial score (nSPS) is 30.0. The Morgan fingerprint density at radius 2 is 1.50 bits per heavy atom. The van der Waals surface area contributed by atoms with Crippen LogP contribution in [0, 0.1) is 0 Å². The van der Waals surface area contributed by atoms with Crippen molar-refractivity contribution in [2.75, 3.05) is 46.8 Å². The molecule has 0 bridgehead atoms. The lowest BCUT2D eigenvalue weighted by Gasteiger charge is -2.55. The first-order valence-corrected chi connectivity index (χ1v) is 7.83. The van der Waals surface area contributed by atoms with Gasteiger partial charge in [0.1, 0.15) is 0 Å². The summed E-state index contributed by atoms with van der Waals surface area (Å²) in [6.45, 7) is 10.6. The zero-order chi connectivity index (χ0) is 13.2. The van der Waals surface area contributed by atoms with Gasteiger partial charge in [-0.25, -0.2) is 0 Å². The minimum absolute atomic E-state index is 0.593. The molecule has 3 saturated heterocycles. The molecule has 0 saturated carbocycles. The zero-order valence-electron chi connectivity index (χ0n) is 12.8. The van der Waals surface area contributed by atoms with Crippen LogP contribution in [0.4, 0.5) is 0 Å². The van der Waals surface area contributed by atoms with Crippen molar-refractivity contribution in [1.29, 1.82) is 0 Å². The fourth-order valence-corrected chi connectivity index (χ4v) is 4.13.